The molecule has 0 radical (unpaired) electrons. The average Bonchev–Trinajstić information content (AvgIpc) is 3.14. The summed E-state index contributed by atoms with van der Waals surface area (Å²) < 4.78 is 0. The van der Waals surface area contributed by atoms with Gasteiger partial charge in [-0.3, -0.25) is 9.69 Å². The largest absolute Gasteiger partial charge is 0.338 e. The van der Waals surface area contributed by atoms with Crippen LogP contribution in [-0.4, -0.2) is 42.4 Å². The van der Waals surface area contributed by atoms with Gasteiger partial charge in [0.05, 0.1) is 0 Å². The van der Waals surface area contributed by atoms with Crippen LogP contribution in [-0.2, 0) is 24.3 Å². The molecule has 1 aromatic heterocycles. The van der Waals surface area contributed by atoms with Gasteiger partial charge < -0.3 is 10.2 Å². The van der Waals surface area contributed by atoms with Crippen LogP contribution in [0.25, 0.3) is 0 Å². The minimum absolute atomic E-state index is 0.0761. The van der Waals surface area contributed by atoms with E-state index in [1.807, 2.05) is 41.5 Å². The SMILES string of the molecule is CNC(CC(=O)N1CCc2sc(CN3CCCCC3)cc2C1)c1ccccc1. The van der Waals surface area contributed by atoms with E-state index in [2.05, 4.69) is 28.4 Å². The van der Waals surface area contributed by atoms with Crippen molar-refractivity contribution in [1.82, 2.24) is 15.1 Å². The van der Waals surface area contributed by atoms with E-state index in [-0.39, 0.29) is 11.9 Å². The molecule has 2 aromatic rings. The Labute approximate surface area is 172 Å². The summed E-state index contributed by atoms with van der Waals surface area (Å²) in [5, 5.41) is 3.31. The lowest BCUT2D eigenvalue weighted by Crippen LogP contribution is -2.37. The van der Waals surface area contributed by atoms with Crippen molar-refractivity contribution in [3.8, 4) is 0 Å². The van der Waals surface area contributed by atoms with Gasteiger partial charge in [0.25, 0.3) is 0 Å². The topological polar surface area (TPSA) is 35.6 Å². The second kappa shape index (κ2) is 9.21. The second-order valence-corrected chi connectivity index (χ2v) is 9.24. The fraction of sp³-hybridized carbons (Fsp3) is 0.522. The smallest absolute Gasteiger partial charge is 0.224 e. The van der Waals surface area contributed by atoms with Gasteiger partial charge in [0.2, 0.25) is 5.91 Å². The van der Waals surface area contributed by atoms with E-state index >= 15 is 0 Å². The first kappa shape index (κ1) is 19.6. The zero-order valence-electron chi connectivity index (χ0n) is 16.8. The molecule has 150 valence electrons. The summed E-state index contributed by atoms with van der Waals surface area (Å²) in [5.74, 6) is 0.248. The predicted molar refractivity (Wildman–Crippen MR) is 115 cm³/mol. The summed E-state index contributed by atoms with van der Waals surface area (Å²) in [5.41, 5.74) is 2.55. The molecule has 1 aromatic carbocycles. The molecule has 1 amide bonds. The molecular weight excluding hydrogens is 366 g/mol. The number of piperidine rings is 1. The Kier molecular flexibility index (Phi) is 6.45. The number of thiophene rings is 1. The highest BCUT2D eigenvalue weighted by Gasteiger charge is 2.25. The van der Waals surface area contributed by atoms with Crippen LogP contribution in [0.3, 0.4) is 0 Å². The predicted octanol–water partition coefficient (Wildman–Crippen LogP) is 3.97. The summed E-state index contributed by atoms with van der Waals surface area (Å²) in [6, 6.07) is 12.7. The first-order chi connectivity index (χ1) is 13.7. The Bertz CT molecular complexity index is 782. The molecule has 1 fully saturated rings. The van der Waals surface area contributed by atoms with Gasteiger partial charge in [0, 0.05) is 41.9 Å². The van der Waals surface area contributed by atoms with Crippen LogP contribution in [0.4, 0.5) is 0 Å². The molecule has 0 spiro atoms. The van der Waals surface area contributed by atoms with Gasteiger partial charge in [-0.25, -0.2) is 0 Å². The van der Waals surface area contributed by atoms with Gasteiger partial charge in [0.15, 0.2) is 0 Å². The van der Waals surface area contributed by atoms with Gasteiger partial charge in [-0.2, -0.15) is 0 Å². The molecule has 2 aliphatic heterocycles. The quantitative estimate of drug-likeness (QED) is 0.801. The number of hydrogen-bond acceptors (Lipinski definition) is 4. The monoisotopic (exact) mass is 397 g/mol. The van der Waals surface area contributed by atoms with Crippen molar-refractivity contribution >= 4 is 17.2 Å². The van der Waals surface area contributed by atoms with Gasteiger partial charge >= 0.3 is 0 Å². The third kappa shape index (κ3) is 4.65. The number of carbonyl (C=O) groups excluding carboxylic acids is 1. The van der Waals surface area contributed by atoms with Gasteiger partial charge in [-0.05, 0) is 56.6 Å². The maximum atomic E-state index is 13.0. The molecule has 1 N–H and O–H groups in total. The van der Waals surface area contributed by atoms with Crippen molar-refractivity contribution in [2.24, 2.45) is 0 Å². The van der Waals surface area contributed by atoms with Crippen LogP contribution in [0.2, 0.25) is 0 Å². The lowest BCUT2D eigenvalue weighted by molar-refractivity contribution is -0.132. The highest BCUT2D eigenvalue weighted by Crippen LogP contribution is 2.30. The number of carbonyl (C=O) groups is 1. The maximum absolute atomic E-state index is 13.0. The molecule has 28 heavy (non-hydrogen) atoms. The van der Waals surface area contributed by atoms with Gasteiger partial charge in [0.1, 0.15) is 0 Å². The summed E-state index contributed by atoms with van der Waals surface area (Å²) in [6.45, 7) is 5.17. The number of rotatable bonds is 6. The van der Waals surface area contributed by atoms with Crippen LogP contribution in [0.5, 0.6) is 0 Å². The molecule has 1 atom stereocenters. The number of nitrogens with one attached hydrogen (secondary N) is 1. The summed E-state index contributed by atoms with van der Waals surface area (Å²) in [4.78, 5) is 20.5. The molecule has 4 rings (SSSR count). The Hall–Kier alpha value is -1.69. The first-order valence-electron chi connectivity index (χ1n) is 10.6. The number of hydrogen-bond donors (Lipinski definition) is 1. The van der Waals surface area contributed by atoms with Crippen molar-refractivity contribution in [2.45, 2.75) is 51.2 Å². The number of amides is 1. The van der Waals surface area contributed by atoms with E-state index in [0.29, 0.717) is 6.42 Å². The van der Waals surface area contributed by atoms with E-state index in [0.717, 1.165) is 26.1 Å². The van der Waals surface area contributed by atoms with Crippen molar-refractivity contribution < 1.29 is 4.79 Å². The molecule has 2 aliphatic rings. The van der Waals surface area contributed by atoms with Crippen LogP contribution < -0.4 is 5.32 Å². The molecule has 0 bridgehead atoms. The molecule has 1 saturated heterocycles. The molecule has 5 heteroatoms. The fourth-order valence-electron chi connectivity index (χ4n) is 4.40. The molecule has 1 unspecified atom stereocenters. The number of benzene rings is 1. The van der Waals surface area contributed by atoms with E-state index in [1.54, 1.807) is 0 Å². The lowest BCUT2D eigenvalue weighted by atomic mass is 10.0. The molecule has 0 aliphatic carbocycles. The second-order valence-electron chi connectivity index (χ2n) is 8.02. The van der Waals surface area contributed by atoms with E-state index in [9.17, 15) is 4.79 Å². The third-order valence-corrected chi connectivity index (χ3v) is 7.25. The standard InChI is InChI=1S/C23H31N3OS/c1-24-21(18-8-4-2-5-9-18)15-23(27)26-13-10-22-19(16-26)14-20(28-22)17-25-11-6-3-7-12-25/h2,4-5,8-9,14,21,24H,3,6-7,10-13,15-17H2,1H3. The van der Waals surface area contributed by atoms with Gasteiger partial charge in [-0.1, -0.05) is 36.8 Å². The normalized spacial score (nSPS) is 18.7. The van der Waals surface area contributed by atoms with Crippen molar-refractivity contribution in [3.63, 3.8) is 0 Å². The summed E-state index contributed by atoms with van der Waals surface area (Å²) >= 11 is 1.97. The zero-order chi connectivity index (χ0) is 19.3. The number of likely N-dealkylation sites (tertiary alicyclic amines) is 1. The minimum Gasteiger partial charge on any atom is -0.338 e. The summed E-state index contributed by atoms with van der Waals surface area (Å²) in [6.07, 6.45) is 5.57. The lowest BCUT2D eigenvalue weighted by Gasteiger charge is -2.28. The van der Waals surface area contributed by atoms with Crippen molar-refractivity contribution in [2.75, 3.05) is 26.7 Å². The van der Waals surface area contributed by atoms with Crippen molar-refractivity contribution in [1.29, 1.82) is 0 Å². The maximum Gasteiger partial charge on any atom is 0.224 e. The van der Waals surface area contributed by atoms with E-state index in [4.69, 9.17) is 0 Å². The summed E-state index contributed by atoms with van der Waals surface area (Å²) in [7, 11) is 1.94. The minimum atomic E-state index is 0.0761. The molecule has 4 nitrogen and oxygen atoms in total. The Balaban J connectivity index is 1.37. The highest BCUT2D eigenvalue weighted by molar-refractivity contribution is 7.12. The Morgan fingerprint density at radius 3 is 2.68 bits per heavy atom. The Morgan fingerprint density at radius 2 is 1.93 bits per heavy atom. The number of fused-ring (bicyclic) bond motifs is 1. The molecule has 3 heterocycles. The van der Waals surface area contributed by atoms with Crippen molar-refractivity contribution in [3.05, 3.63) is 57.3 Å². The van der Waals surface area contributed by atoms with Crippen LogP contribution in [0.15, 0.2) is 36.4 Å². The first-order valence-corrected chi connectivity index (χ1v) is 11.4. The Morgan fingerprint density at radius 1 is 1.14 bits per heavy atom. The van der Waals surface area contributed by atoms with Crippen LogP contribution in [0.1, 0.15) is 52.6 Å². The average molecular weight is 398 g/mol. The third-order valence-electron chi connectivity index (χ3n) is 6.03. The highest BCUT2D eigenvalue weighted by atomic mass is 32.1. The van der Waals surface area contributed by atoms with Crippen LogP contribution >= 0.6 is 11.3 Å². The van der Waals surface area contributed by atoms with Gasteiger partial charge in [-0.15, -0.1) is 11.3 Å². The fourth-order valence-corrected chi connectivity index (χ4v) is 5.61. The zero-order valence-corrected chi connectivity index (χ0v) is 17.6. The van der Waals surface area contributed by atoms with E-state index in [1.165, 1.54) is 53.2 Å². The molecule has 0 saturated carbocycles. The van der Waals surface area contributed by atoms with Crippen LogP contribution in [0, 0.1) is 0 Å². The van der Waals surface area contributed by atoms with E-state index < -0.39 is 0 Å². The number of nitrogens with zero attached hydrogens (tertiary/aromatic N) is 2. The molecular formula is C23H31N3OS.